The lowest BCUT2D eigenvalue weighted by Gasteiger charge is -2.05. The molecular weight excluding hydrogens is 210 g/mol. The molecule has 0 spiro atoms. The standard InChI is InChI=1S/C10H15N3O3/c1-16-10(15)9-12-6-4-8(13-9)11-5-2-3-7-14/h4,6,14H,2-3,5,7H2,1H3,(H,11,12,13). The van der Waals surface area contributed by atoms with E-state index in [1.807, 2.05) is 0 Å². The number of ether oxygens (including phenoxy) is 1. The Morgan fingerprint density at radius 3 is 3.06 bits per heavy atom. The number of aliphatic hydroxyl groups is 1. The quantitative estimate of drug-likeness (QED) is 0.540. The summed E-state index contributed by atoms with van der Waals surface area (Å²) >= 11 is 0. The predicted octanol–water partition coefficient (Wildman–Crippen LogP) is 0.448. The van der Waals surface area contributed by atoms with Gasteiger partial charge in [-0.15, -0.1) is 0 Å². The van der Waals surface area contributed by atoms with Gasteiger partial charge in [0.15, 0.2) is 0 Å². The van der Waals surface area contributed by atoms with Crippen LogP contribution >= 0.6 is 0 Å². The molecule has 0 atom stereocenters. The summed E-state index contributed by atoms with van der Waals surface area (Å²) < 4.78 is 4.51. The number of nitrogens with zero attached hydrogens (tertiary/aromatic N) is 2. The van der Waals surface area contributed by atoms with Crippen molar-refractivity contribution < 1.29 is 14.6 Å². The molecule has 0 aliphatic rings. The molecule has 0 unspecified atom stereocenters. The first-order valence-corrected chi connectivity index (χ1v) is 5.04. The smallest absolute Gasteiger partial charge is 0.376 e. The van der Waals surface area contributed by atoms with E-state index in [9.17, 15) is 4.79 Å². The average molecular weight is 225 g/mol. The maximum absolute atomic E-state index is 11.1. The lowest BCUT2D eigenvalue weighted by molar-refractivity contribution is 0.0587. The summed E-state index contributed by atoms with van der Waals surface area (Å²) in [5.41, 5.74) is 0. The van der Waals surface area contributed by atoms with Crippen LogP contribution < -0.4 is 5.32 Å². The molecule has 0 fully saturated rings. The highest BCUT2D eigenvalue weighted by molar-refractivity contribution is 5.85. The van der Waals surface area contributed by atoms with Crippen molar-refractivity contribution in [3.63, 3.8) is 0 Å². The molecule has 1 rings (SSSR count). The number of aromatic nitrogens is 2. The van der Waals surface area contributed by atoms with Gasteiger partial charge >= 0.3 is 5.97 Å². The molecule has 0 bridgehead atoms. The second-order valence-electron chi connectivity index (χ2n) is 3.11. The molecular formula is C10H15N3O3. The van der Waals surface area contributed by atoms with Crippen LogP contribution in [-0.2, 0) is 4.74 Å². The van der Waals surface area contributed by atoms with Gasteiger partial charge in [0.2, 0.25) is 5.82 Å². The van der Waals surface area contributed by atoms with Gasteiger partial charge in [-0.25, -0.2) is 14.8 Å². The molecule has 1 aromatic heterocycles. The Kier molecular flexibility index (Phi) is 5.21. The highest BCUT2D eigenvalue weighted by Crippen LogP contribution is 2.03. The van der Waals surface area contributed by atoms with E-state index in [1.54, 1.807) is 6.07 Å². The van der Waals surface area contributed by atoms with Crippen LogP contribution in [0.5, 0.6) is 0 Å². The maximum atomic E-state index is 11.1. The molecule has 0 aromatic carbocycles. The SMILES string of the molecule is COC(=O)c1nccc(NCCCCO)n1. The monoisotopic (exact) mass is 225 g/mol. The van der Waals surface area contributed by atoms with E-state index < -0.39 is 5.97 Å². The summed E-state index contributed by atoms with van der Waals surface area (Å²) in [6.07, 6.45) is 3.07. The van der Waals surface area contributed by atoms with Gasteiger partial charge in [-0.1, -0.05) is 0 Å². The molecule has 1 heterocycles. The van der Waals surface area contributed by atoms with E-state index in [2.05, 4.69) is 20.0 Å². The summed E-state index contributed by atoms with van der Waals surface area (Å²) in [5, 5.41) is 11.6. The van der Waals surface area contributed by atoms with Crippen LogP contribution in [0, 0.1) is 0 Å². The zero-order valence-corrected chi connectivity index (χ0v) is 9.14. The molecule has 1 aromatic rings. The first-order chi connectivity index (χ1) is 7.77. The first-order valence-electron chi connectivity index (χ1n) is 5.04. The number of carbonyl (C=O) groups excluding carboxylic acids is 1. The summed E-state index contributed by atoms with van der Waals surface area (Å²) in [5.74, 6) is 0.0574. The number of esters is 1. The molecule has 0 radical (unpaired) electrons. The number of anilines is 1. The van der Waals surface area contributed by atoms with Crippen molar-refractivity contribution in [2.45, 2.75) is 12.8 Å². The third-order valence-electron chi connectivity index (χ3n) is 1.91. The van der Waals surface area contributed by atoms with Crippen LogP contribution in [0.4, 0.5) is 5.82 Å². The van der Waals surface area contributed by atoms with Crippen molar-refractivity contribution in [3.8, 4) is 0 Å². The number of unbranched alkanes of at least 4 members (excludes halogenated alkanes) is 1. The molecule has 0 saturated heterocycles. The average Bonchev–Trinajstić information content (AvgIpc) is 2.34. The Labute approximate surface area is 93.7 Å². The van der Waals surface area contributed by atoms with Crippen LogP contribution in [0.3, 0.4) is 0 Å². The maximum Gasteiger partial charge on any atom is 0.376 e. The van der Waals surface area contributed by atoms with Crippen molar-refractivity contribution in [3.05, 3.63) is 18.1 Å². The van der Waals surface area contributed by atoms with E-state index >= 15 is 0 Å². The fraction of sp³-hybridized carbons (Fsp3) is 0.500. The van der Waals surface area contributed by atoms with Gasteiger partial charge in [0.05, 0.1) is 7.11 Å². The topological polar surface area (TPSA) is 84.3 Å². The summed E-state index contributed by atoms with van der Waals surface area (Å²) in [7, 11) is 1.28. The summed E-state index contributed by atoms with van der Waals surface area (Å²) in [4.78, 5) is 18.9. The van der Waals surface area contributed by atoms with Crippen molar-refractivity contribution in [1.82, 2.24) is 9.97 Å². The van der Waals surface area contributed by atoms with Crippen LogP contribution in [0.15, 0.2) is 12.3 Å². The molecule has 0 aliphatic heterocycles. The third-order valence-corrected chi connectivity index (χ3v) is 1.91. The molecule has 16 heavy (non-hydrogen) atoms. The van der Waals surface area contributed by atoms with Crippen LogP contribution in [-0.4, -0.2) is 41.3 Å². The fourth-order valence-corrected chi connectivity index (χ4v) is 1.10. The van der Waals surface area contributed by atoms with Gasteiger partial charge in [0.25, 0.3) is 0 Å². The number of methoxy groups -OCH3 is 1. The van der Waals surface area contributed by atoms with E-state index in [0.29, 0.717) is 12.4 Å². The van der Waals surface area contributed by atoms with Gasteiger partial charge < -0.3 is 15.2 Å². The highest BCUT2D eigenvalue weighted by Gasteiger charge is 2.08. The van der Waals surface area contributed by atoms with E-state index in [0.717, 1.165) is 12.8 Å². The Morgan fingerprint density at radius 1 is 1.56 bits per heavy atom. The highest BCUT2D eigenvalue weighted by atomic mass is 16.5. The van der Waals surface area contributed by atoms with E-state index in [1.165, 1.54) is 13.3 Å². The molecule has 0 saturated carbocycles. The molecule has 2 N–H and O–H groups in total. The zero-order valence-electron chi connectivity index (χ0n) is 9.14. The number of aliphatic hydroxyl groups excluding tert-OH is 1. The molecule has 0 aliphatic carbocycles. The van der Waals surface area contributed by atoms with Gasteiger partial charge in [0, 0.05) is 19.3 Å². The third kappa shape index (κ3) is 3.82. The summed E-state index contributed by atoms with van der Waals surface area (Å²) in [6.45, 7) is 0.872. The Morgan fingerprint density at radius 2 is 2.38 bits per heavy atom. The lowest BCUT2D eigenvalue weighted by Crippen LogP contribution is -2.10. The second kappa shape index (κ2) is 6.73. The minimum Gasteiger partial charge on any atom is -0.463 e. The van der Waals surface area contributed by atoms with Crippen molar-refractivity contribution in [1.29, 1.82) is 0 Å². The number of nitrogens with one attached hydrogen (secondary N) is 1. The largest absolute Gasteiger partial charge is 0.463 e. The van der Waals surface area contributed by atoms with E-state index in [-0.39, 0.29) is 12.4 Å². The van der Waals surface area contributed by atoms with Gasteiger partial charge in [-0.2, -0.15) is 0 Å². The molecule has 0 amide bonds. The van der Waals surface area contributed by atoms with Crippen LogP contribution in [0.25, 0.3) is 0 Å². The molecule has 6 heteroatoms. The van der Waals surface area contributed by atoms with Gasteiger partial charge in [-0.3, -0.25) is 0 Å². The van der Waals surface area contributed by atoms with Gasteiger partial charge in [0.1, 0.15) is 5.82 Å². The summed E-state index contributed by atoms with van der Waals surface area (Å²) in [6, 6.07) is 1.67. The van der Waals surface area contributed by atoms with Crippen molar-refractivity contribution >= 4 is 11.8 Å². The van der Waals surface area contributed by atoms with Crippen molar-refractivity contribution in [2.75, 3.05) is 25.6 Å². The second-order valence-corrected chi connectivity index (χ2v) is 3.11. The van der Waals surface area contributed by atoms with Gasteiger partial charge in [-0.05, 0) is 18.9 Å². The Bertz CT molecular complexity index is 344. The van der Waals surface area contributed by atoms with E-state index in [4.69, 9.17) is 5.11 Å². The number of rotatable bonds is 6. The Hall–Kier alpha value is -1.69. The lowest BCUT2D eigenvalue weighted by atomic mass is 10.3. The number of hydrogen-bond acceptors (Lipinski definition) is 6. The minimum absolute atomic E-state index is 0.0367. The molecule has 88 valence electrons. The van der Waals surface area contributed by atoms with Crippen LogP contribution in [0.2, 0.25) is 0 Å². The Balaban J connectivity index is 2.50. The first kappa shape index (κ1) is 12.4. The normalized spacial score (nSPS) is 9.88. The zero-order chi connectivity index (χ0) is 11.8. The number of carbonyl (C=O) groups is 1. The fourth-order valence-electron chi connectivity index (χ4n) is 1.10. The van der Waals surface area contributed by atoms with Crippen LogP contribution in [0.1, 0.15) is 23.5 Å². The van der Waals surface area contributed by atoms with Crippen molar-refractivity contribution in [2.24, 2.45) is 0 Å². The minimum atomic E-state index is -0.556. The number of hydrogen-bond donors (Lipinski definition) is 2. The predicted molar refractivity (Wildman–Crippen MR) is 58.2 cm³/mol. The molecule has 6 nitrogen and oxygen atoms in total.